The van der Waals surface area contributed by atoms with Crippen LogP contribution in [0.2, 0.25) is 0 Å². The van der Waals surface area contributed by atoms with Crippen molar-refractivity contribution in [2.24, 2.45) is 5.16 Å². The van der Waals surface area contributed by atoms with E-state index in [4.69, 9.17) is 0 Å². The zero-order chi connectivity index (χ0) is 18.9. The first kappa shape index (κ1) is 17.3. The molecule has 134 valence electrons. The number of oxime groups is 1. The van der Waals surface area contributed by atoms with Gasteiger partial charge in [0.15, 0.2) is 0 Å². The molecule has 0 aliphatic carbocycles. The van der Waals surface area contributed by atoms with Crippen LogP contribution in [0.15, 0.2) is 90.1 Å². The lowest BCUT2D eigenvalue weighted by atomic mass is 9.85. The number of rotatable bonds is 4. The van der Waals surface area contributed by atoms with Gasteiger partial charge in [-0.15, -0.1) is 0 Å². The molecule has 1 atom stereocenters. The first-order chi connectivity index (χ1) is 13.1. The molecule has 0 amide bonds. The number of hydrogen-bond donors (Lipinski definition) is 2. The highest BCUT2D eigenvalue weighted by atomic mass is 16.4. The predicted molar refractivity (Wildman–Crippen MR) is 110 cm³/mol. The van der Waals surface area contributed by atoms with Gasteiger partial charge in [-0.25, -0.2) is 0 Å². The summed E-state index contributed by atoms with van der Waals surface area (Å²) in [6, 6.07) is 27.8. The Bertz CT molecular complexity index is 1140. The molecule has 0 aliphatic heterocycles. The third-order valence-corrected chi connectivity index (χ3v) is 5.08. The Kier molecular flexibility index (Phi) is 4.38. The molecule has 4 aromatic carbocycles. The van der Waals surface area contributed by atoms with Crippen LogP contribution in [0.25, 0.3) is 21.5 Å². The van der Waals surface area contributed by atoms with Crippen molar-refractivity contribution >= 4 is 27.3 Å². The molecule has 4 rings (SSSR count). The predicted octanol–water partition coefficient (Wildman–Crippen LogP) is 5.47. The van der Waals surface area contributed by atoms with Crippen molar-refractivity contribution in [3.63, 3.8) is 0 Å². The van der Waals surface area contributed by atoms with E-state index in [1.807, 2.05) is 84.9 Å². The summed E-state index contributed by atoms with van der Waals surface area (Å²) < 4.78 is 0. The molecule has 0 heterocycles. The Hall–Kier alpha value is -3.17. The van der Waals surface area contributed by atoms with Crippen molar-refractivity contribution in [1.82, 2.24) is 0 Å². The lowest BCUT2D eigenvalue weighted by Gasteiger charge is -2.26. The number of benzene rings is 4. The summed E-state index contributed by atoms with van der Waals surface area (Å²) in [6.45, 7) is 1.76. The van der Waals surface area contributed by atoms with E-state index < -0.39 is 5.60 Å². The Morgan fingerprint density at radius 2 is 1.48 bits per heavy atom. The second-order valence-corrected chi connectivity index (χ2v) is 7.09. The van der Waals surface area contributed by atoms with Gasteiger partial charge in [-0.05, 0) is 40.1 Å². The summed E-state index contributed by atoms with van der Waals surface area (Å²) in [7, 11) is 0. The molecule has 3 heteroatoms. The summed E-state index contributed by atoms with van der Waals surface area (Å²) in [4.78, 5) is 0. The van der Waals surface area contributed by atoms with Crippen LogP contribution in [0.4, 0.5) is 0 Å². The van der Waals surface area contributed by atoms with Crippen LogP contribution < -0.4 is 0 Å². The molecule has 2 N–H and O–H groups in total. The summed E-state index contributed by atoms with van der Waals surface area (Å²) >= 11 is 0. The zero-order valence-electron chi connectivity index (χ0n) is 15.1. The molecule has 3 nitrogen and oxygen atoms in total. The van der Waals surface area contributed by atoms with Crippen molar-refractivity contribution in [2.45, 2.75) is 18.9 Å². The first-order valence-corrected chi connectivity index (χ1v) is 8.99. The van der Waals surface area contributed by atoms with Crippen molar-refractivity contribution in [3.05, 3.63) is 96.1 Å². The van der Waals surface area contributed by atoms with Crippen LogP contribution >= 0.6 is 0 Å². The van der Waals surface area contributed by atoms with E-state index in [-0.39, 0.29) is 6.42 Å². The van der Waals surface area contributed by atoms with Gasteiger partial charge in [0.1, 0.15) is 0 Å². The van der Waals surface area contributed by atoms with Crippen LogP contribution in [0, 0.1) is 0 Å². The maximum absolute atomic E-state index is 11.3. The highest BCUT2D eigenvalue weighted by molar-refractivity contribution is 6.04. The highest BCUT2D eigenvalue weighted by Crippen LogP contribution is 2.32. The van der Waals surface area contributed by atoms with Gasteiger partial charge in [0.05, 0.1) is 11.3 Å². The average molecular weight is 355 g/mol. The van der Waals surface area contributed by atoms with Crippen molar-refractivity contribution in [1.29, 1.82) is 0 Å². The SMILES string of the molecule is CC(O)(C/C(=N\O)c1ccc2ccccc2c1)c1cccc2ccccc12. The zero-order valence-corrected chi connectivity index (χ0v) is 15.1. The van der Waals surface area contributed by atoms with Crippen LogP contribution in [0.1, 0.15) is 24.5 Å². The van der Waals surface area contributed by atoms with Gasteiger partial charge < -0.3 is 10.3 Å². The van der Waals surface area contributed by atoms with E-state index in [1.54, 1.807) is 6.92 Å². The van der Waals surface area contributed by atoms with Crippen LogP contribution in [0.5, 0.6) is 0 Å². The molecule has 0 aliphatic rings. The summed E-state index contributed by atoms with van der Waals surface area (Å²) in [6.07, 6.45) is 0.204. The Morgan fingerprint density at radius 3 is 2.26 bits per heavy atom. The van der Waals surface area contributed by atoms with Gasteiger partial charge in [0.25, 0.3) is 0 Å². The first-order valence-electron chi connectivity index (χ1n) is 8.99. The Balaban J connectivity index is 1.73. The van der Waals surface area contributed by atoms with Gasteiger partial charge in [0.2, 0.25) is 0 Å². The minimum absolute atomic E-state index is 0.204. The van der Waals surface area contributed by atoms with E-state index >= 15 is 0 Å². The van der Waals surface area contributed by atoms with Crippen molar-refractivity contribution in [2.75, 3.05) is 0 Å². The lowest BCUT2D eigenvalue weighted by Crippen LogP contribution is -2.26. The molecule has 1 unspecified atom stereocenters. The minimum atomic E-state index is -1.17. The molecule has 0 fully saturated rings. The van der Waals surface area contributed by atoms with Gasteiger partial charge in [-0.2, -0.15) is 0 Å². The van der Waals surface area contributed by atoms with E-state index in [1.165, 1.54) is 0 Å². The summed E-state index contributed by atoms with van der Waals surface area (Å²) in [5.74, 6) is 0. The fourth-order valence-electron chi connectivity index (χ4n) is 3.68. The maximum Gasteiger partial charge on any atom is 0.0931 e. The maximum atomic E-state index is 11.3. The number of hydrogen-bond acceptors (Lipinski definition) is 3. The fourth-order valence-corrected chi connectivity index (χ4v) is 3.68. The molecule has 0 bridgehead atoms. The van der Waals surface area contributed by atoms with Gasteiger partial charge in [-0.3, -0.25) is 0 Å². The molecule has 0 saturated heterocycles. The van der Waals surface area contributed by atoms with Crippen LogP contribution in [0.3, 0.4) is 0 Å². The molecular formula is C24H21NO2. The average Bonchev–Trinajstić information content (AvgIpc) is 2.71. The fraction of sp³-hybridized carbons (Fsp3) is 0.125. The third kappa shape index (κ3) is 3.29. The smallest absolute Gasteiger partial charge is 0.0931 e. The van der Waals surface area contributed by atoms with Crippen molar-refractivity contribution in [3.8, 4) is 0 Å². The minimum Gasteiger partial charge on any atom is -0.411 e. The van der Waals surface area contributed by atoms with Gasteiger partial charge in [-0.1, -0.05) is 84.0 Å². The Morgan fingerprint density at radius 1 is 0.815 bits per heavy atom. The van der Waals surface area contributed by atoms with Crippen LogP contribution in [-0.2, 0) is 5.60 Å². The molecule has 0 aromatic heterocycles. The number of nitrogens with zero attached hydrogens (tertiary/aromatic N) is 1. The molecule has 0 saturated carbocycles. The number of aliphatic hydroxyl groups is 1. The molecule has 0 spiro atoms. The summed E-state index contributed by atoms with van der Waals surface area (Å²) in [5, 5.41) is 28.7. The van der Waals surface area contributed by atoms with E-state index in [0.717, 1.165) is 32.7 Å². The monoisotopic (exact) mass is 355 g/mol. The van der Waals surface area contributed by atoms with E-state index in [0.29, 0.717) is 5.71 Å². The third-order valence-electron chi connectivity index (χ3n) is 5.08. The normalized spacial score (nSPS) is 14.4. The molecule has 4 aromatic rings. The second-order valence-electron chi connectivity index (χ2n) is 7.09. The van der Waals surface area contributed by atoms with E-state index in [2.05, 4.69) is 5.16 Å². The highest BCUT2D eigenvalue weighted by Gasteiger charge is 2.28. The molecule has 0 radical (unpaired) electrons. The lowest BCUT2D eigenvalue weighted by molar-refractivity contribution is 0.0662. The topological polar surface area (TPSA) is 52.8 Å². The van der Waals surface area contributed by atoms with Crippen molar-refractivity contribution < 1.29 is 10.3 Å². The van der Waals surface area contributed by atoms with Gasteiger partial charge >= 0.3 is 0 Å². The quantitative estimate of drug-likeness (QED) is 0.290. The van der Waals surface area contributed by atoms with E-state index in [9.17, 15) is 10.3 Å². The standard InChI is InChI=1S/C24H21NO2/c1-24(26,22-12-6-10-18-8-4-5-11-21(18)22)16-23(25-27)20-14-13-17-7-2-3-9-19(17)15-20/h2-15,26-27H,16H2,1H3/b25-23+. The largest absolute Gasteiger partial charge is 0.411 e. The molecule has 27 heavy (non-hydrogen) atoms. The van der Waals surface area contributed by atoms with Crippen LogP contribution in [-0.4, -0.2) is 16.0 Å². The second kappa shape index (κ2) is 6.86. The summed E-state index contributed by atoms with van der Waals surface area (Å²) in [5.41, 5.74) is 0.909. The molecular weight excluding hydrogens is 334 g/mol. The Labute approximate surface area is 158 Å². The van der Waals surface area contributed by atoms with Gasteiger partial charge in [0, 0.05) is 12.0 Å². The number of fused-ring (bicyclic) bond motifs is 2.